The molecule has 0 saturated heterocycles. The number of nitrogens with zero attached hydrogens (tertiary/aromatic N) is 2. The molecule has 0 saturated carbocycles. The third-order valence-corrected chi connectivity index (χ3v) is 1.50. The lowest BCUT2D eigenvalue weighted by Crippen LogP contribution is -2.13. The Morgan fingerprint density at radius 3 is 2.58 bits per heavy atom. The number of aryl methyl sites for hydroxylation is 1. The zero-order chi connectivity index (χ0) is 8.81. The average molecular weight is 166 g/mol. The largest absolute Gasteiger partial charge is 0.381 e. The Kier molecular flexibility index (Phi) is 3.47. The number of anilines is 1. The van der Waals surface area contributed by atoms with Crippen molar-refractivity contribution in [3.63, 3.8) is 0 Å². The summed E-state index contributed by atoms with van der Waals surface area (Å²) >= 11 is 0. The molecular formula is C8H14N4. The first-order valence-electron chi connectivity index (χ1n) is 4.11. The monoisotopic (exact) mass is 166 g/mol. The molecule has 0 radical (unpaired) electrons. The van der Waals surface area contributed by atoms with Crippen LogP contribution in [-0.4, -0.2) is 23.1 Å². The van der Waals surface area contributed by atoms with E-state index in [2.05, 4.69) is 15.3 Å². The third kappa shape index (κ3) is 2.47. The number of hydrogen-bond donors (Lipinski definition) is 2. The van der Waals surface area contributed by atoms with E-state index in [-0.39, 0.29) is 0 Å². The molecule has 1 aromatic heterocycles. The third-order valence-electron chi connectivity index (χ3n) is 1.50. The van der Waals surface area contributed by atoms with Crippen LogP contribution in [0, 0.1) is 0 Å². The number of nitrogens with two attached hydrogens (primary N) is 1. The van der Waals surface area contributed by atoms with E-state index in [1.165, 1.54) is 0 Å². The second-order valence-electron chi connectivity index (χ2n) is 2.46. The van der Waals surface area contributed by atoms with Gasteiger partial charge in [-0.3, -0.25) is 0 Å². The maximum Gasteiger partial charge on any atom is 0.128 e. The number of hydrogen-bond acceptors (Lipinski definition) is 4. The second-order valence-corrected chi connectivity index (χ2v) is 2.46. The van der Waals surface area contributed by atoms with Gasteiger partial charge in [-0.2, -0.15) is 0 Å². The lowest BCUT2D eigenvalue weighted by molar-refractivity contribution is 0.933. The van der Waals surface area contributed by atoms with Crippen LogP contribution in [0.2, 0.25) is 0 Å². The van der Waals surface area contributed by atoms with Gasteiger partial charge in [0.1, 0.15) is 5.82 Å². The highest BCUT2D eigenvalue weighted by molar-refractivity contribution is 5.37. The summed E-state index contributed by atoms with van der Waals surface area (Å²) in [5.74, 6) is 0.869. The van der Waals surface area contributed by atoms with E-state index in [9.17, 15) is 0 Å². The van der Waals surface area contributed by atoms with Crippen molar-refractivity contribution in [3.05, 3.63) is 18.2 Å². The Hall–Kier alpha value is -1.16. The van der Waals surface area contributed by atoms with Crippen LogP contribution in [0.3, 0.4) is 0 Å². The quantitative estimate of drug-likeness (QED) is 0.680. The second kappa shape index (κ2) is 4.66. The Bertz CT molecular complexity index is 219. The summed E-state index contributed by atoms with van der Waals surface area (Å²) in [6, 6.07) is 0. The maximum absolute atomic E-state index is 5.33. The van der Waals surface area contributed by atoms with Gasteiger partial charge in [-0.15, -0.1) is 0 Å². The molecular weight excluding hydrogens is 152 g/mol. The van der Waals surface area contributed by atoms with E-state index in [0.29, 0.717) is 6.54 Å². The summed E-state index contributed by atoms with van der Waals surface area (Å²) in [5, 5.41) is 3.10. The molecule has 1 heterocycles. The summed E-state index contributed by atoms with van der Waals surface area (Å²) in [4.78, 5) is 8.27. The SMILES string of the molecule is CCc1ncc(NCCN)cn1. The molecule has 12 heavy (non-hydrogen) atoms. The van der Waals surface area contributed by atoms with Gasteiger partial charge in [0.15, 0.2) is 0 Å². The van der Waals surface area contributed by atoms with Crippen LogP contribution in [0.25, 0.3) is 0 Å². The van der Waals surface area contributed by atoms with E-state index in [4.69, 9.17) is 5.73 Å². The van der Waals surface area contributed by atoms with Crippen molar-refractivity contribution in [1.29, 1.82) is 0 Å². The zero-order valence-electron chi connectivity index (χ0n) is 7.25. The molecule has 0 aliphatic rings. The molecule has 0 bridgehead atoms. The first kappa shape index (κ1) is 8.93. The van der Waals surface area contributed by atoms with E-state index in [1.54, 1.807) is 12.4 Å². The minimum absolute atomic E-state index is 0.621. The van der Waals surface area contributed by atoms with Crippen molar-refractivity contribution in [1.82, 2.24) is 9.97 Å². The van der Waals surface area contributed by atoms with Crippen LogP contribution < -0.4 is 11.1 Å². The van der Waals surface area contributed by atoms with E-state index >= 15 is 0 Å². The van der Waals surface area contributed by atoms with Crippen molar-refractivity contribution in [2.75, 3.05) is 18.4 Å². The highest BCUT2D eigenvalue weighted by atomic mass is 15.0. The predicted molar refractivity (Wildman–Crippen MR) is 49.0 cm³/mol. The van der Waals surface area contributed by atoms with Gasteiger partial charge in [-0.05, 0) is 0 Å². The van der Waals surface area contributed by atoms with Gasteiger partial charge in [0.05, 0.1) is 18.1 Å². The molecule has 3 N–H and O–H groups in total. The lowest BCUT2D eigenvalue weighted by atomic mass is 10.4. The summed E-state index contributed by atoms with van der Waals surface area (Å²) in [7, 11) is 0. The van der Waals surface area contributed by atoms with Gasteiger partial charge in [0.2, 0.25) is 0 Å². The van der Waals surface area contributed by atoms with E-state index < -0.39 is 0 Å². The number of aromatic nitrogens is 2. The van der Waals surface area contributed by atoms with Crippen molar-refractivity contribution in [3.8, 4) is 0 Å². The van der Waals surface area contributed by atoms with Gasteiger partial charge >= 0.3 is 0 Å². The molecule has 0 fully saturated rings. The van der Waals surface area contributed by atoms with Crippen LogP contribution in [0.15, 0.2) is 12.4 Å². The summed E-state index contributed by atoms with van der Waals surface area (Å²) in [6.07, 6.45) is 4.43. The standard InChI is InChI=1S/C8H14N4/c1-2-8-11-5-7(6-12-8)10-4-3-9/h5-6,10H,2-4,9H2,1H3. The molecule has 0 aliphatic carbocycles. The van der Waals surface area contributed by atoms with Crippen LogP contribution in [0.4, 0.5) is 5.69 Å². The summed E-state index contributed by atoms with van der Waals surface area (Å²) < 4.78 is 0. The molecule has 4 heteroatoms. The topological polar surface area (TPSA) is 63.8 Å². The molecule has 0 atom stereocenters. The van der Waals surface area contributed by atoms with Crippen LogP contribution >= 0.6 is 0 Å². The van der Waals surface area contributed by atoms with E-state index in [0.717, 1.165) is 24.5 Å². The minimum atomic E-state index is 0.621. The molecule has 0 spiro atoms. The number of rotatable bonds is 4. The molecule has 4 nitrogen and oxygen atoms in total. The van der Waals surface area contributed by atoms with Crippen LogP contribution in [-0.2, 0) is 6.42 Å². The van der Waals surface area contributed by atoms with Crippen LogP contribution in [0.5, 0.6) is 0 Å². The molecule has 1 rings (SSSR count). The van der Waals surface area contributed by atoms with Gasteiger partial charge < -0.3 is 11.1 Å². The maximum atomic E-state index is 5.33. The number of nitrogens with one attached hydrogen (secondary N) is 1. The predicted octanol–water partition coefficient (Wildman–Crippen LogP) is 0.410. The molecule has 0 unspecified atom stereocenters. The van der Waals surface area contributed by atoms with Crippen LogP contribution in [0.1, 0.15) is 12.7 Å². The fourth-order valence-electron chi connectivity index (χ4n) is 0.845. The summed E-state index contributed by atoms with van der Waals surface area (Å²) in [5.41, 5.74) is 6.26. The minimum Gasteiger partial charge on any atom is -0.381 e. The Labute approximate surface area is 72.2 Å². The Balaban J connectivity index is 2.53. The molecule has 0 aromatic carbocycles. The van der Waals surface area contributed by atoms with Crippen molar-refractivity contribution < 1.29 is 0 Å². The first-order chi connectivity index (χ1) is 5.86. The fraction of sp³-hybridized carbons (Fsp3) is 0.500. The van der Waals surface area contributed by atoms with Crippen molar-refractivity contribution in [2.45, 2.75) is 13.3 Å². The van der Waals surface area contributed by atoms with Gasteiger partial charge in [0.25, 0.3) is 0 Å². The molecule has 66 valence electrons. The molecule has 1 aromatic rings. The highest BCUT2D eigenvalue weighted by Gasteiger charge is 1.93. The van der Waals surface area contributed by atoms with Gasteiger partial charge in [-0.1, -0.05) is 6.92 Å². The van der Waals surface area contributed by atoms with Crippen molar-refractivity contribution in [2.24, 2.45) is 5.73 Å². The first-order valence-corrected chi connectivity index (χ1v) is 4.11. The van der Waals surface area contributed by atoms with Gasteiger partial charge in [-0.25, -0.2) is 9.97 Å². The Morgan fingerprint density at radius 2 is 2.08 bits per heavy atom. The van der Waals surface area contributed by atoms with E-state index in [1.807, 2.05) is 6.92 Å². The summed E-state index contributed by atoms with van der Waals surface area (Å²) in [6.45, 7) is 3.41. The molecule has 0 amide bonds. The average Bonchev–Trinajstić information content (AvgIpc) is 2.15. The Morgan fingerprint density at radius 1 is 1.42 bits per heavy atom. The van der Waals surface area contributed by atoms with Crippen molar-refractivity contribution >= 4 is 5.69 Å². The van der Waals surface area contributed by atoms with Gasteiger partial charge in [0, 0.05) is 19.5 Å². The normalized spacial score (nSPS) is 9.83. The highest BCUT2D eigenvalue weighted by Crippen LogP contribution is 2.01. The lowest BCUT2D eigenvalue weighted by Gasteiger charge is -2.02. The molecule has 0 aliphatic heterocycles. The fourth-order valence-corrected chi connectivity index (χ4v) is 0.845. The zero-order valence-corrected chi connectivity index (χ0v) is 7.25. The smallest absolute Gasteiger partial charge is 0.128 e.